The van der Waals surface area contributed by atoms with Crippen LogP contribution < -0.4 is 20.3 Å². The van der Waals surface area contributed by atoms with Crippen LogP contribution in [0.1, 0.15) is 34.0 Å². The molecule has 2 N–H and O–H groups in total. The van der Waals surface area contributed by atoms with Crippen molar-refractivity contribution in [1.29, 1.82) is 0 Å². The molecule has 0 aliphatic rings. The molecule has 0 heterocycles. The molecule has 0 atom stereocenters. The van der Waals surface area contributed by atoms with Crippen LogP contribution >= 0.6 is 0 Å². The highest BCUT2D eigenvalue weighted by Crippen LogP contribution is 2.27. The van der Waals surface area contributed by atoms with Crippen LogP contribution in [-0.2, 0) is 11.2 Å². The predicted octanol–water partition coefficient (Wildman–Crippen LogP) is 2.71. The number of rotatable bonds is 6. The van der Waals surface area contributed by atoms with E-state index >= 15 is 0 Å². The van der Waals surface area contributed by atoms with Gasteiger partial charge in [0.15, 0.2) is 11.5 Å². The zero-order valence-electron chi connectivity index (χ0n) is 15.5. The minimum absolute atomic E-state index is 0.188. The largest absolute Gasteiger partial charge is 0.493 e. The number of benzene rings is 2. The summed E-state index contributed by atoms with van der Waals surface area (Å²) in [6, 6.07) is 10.7. The fourth-order valence-electron chi connectivity index (χ4n) is 2.43. The molecule has 2 amide bonds. The normalized spacial score (nSPS) is 10.2. The van der Waals surface area contributed by atoms with Gasteiger partial charge in [-0.25, -0.2) is 0 Å². The van der Waals surface area contributed by atoms with E-state index in [0.717, 1.165) is 11.1 Å². The molecule has 26 heavy (non-hydrogen) atoms. The maximum atomic E-state index is 12.2. The second kappa shape index (κ2) is 8.89. The van der Waals surface area contributed by atoms with Crippen molar-refractivity contribution in [3.8, 4) is 11.5 Å². The lowest BCUT2D eigenvalue weighted by Gasteiger charge is -2.12. The Kier molecular flexibility index (Phi) is 6.60. The van der Waals surface area contributed by atoms with Gasteiger partial charge < -0.3 is 9.47 Å². The van der Waals surface area contributed by atoms with Crippen LogP contribution in [0.5, 0.6) is 11.5 Å². The topological polar surface area (TPSA) is 76.7 Å². The second-order valence-corrected chi connectivity index (χ2v) is 5.90. The number of carbonyl (C=O) groups excluding carboxylic acids is 2. The molecule has 0 aliphatic heterocycles. The van der Waals surface area contributed by atoms with Gasteiger partial charge in [0.1, 0.15) is 0 Å². The van der Waals surface area contributed by atoms with Crippen molar-refractivity contribution >= 4 is 11.8 Å². The third-order valence-corrected chi connectivity index (χ3v) is 3.98. The van der Waals surface area contributed by atoms with Crippen molar-refractivity contribution in [1.82, 2.24) is 10.9 Å². The highest BCUT2D eigenvalue weighted by Gasteiger charge is 2.12. The summed E-state index contributed by atoms with van der Waals surface area (Å²) in [5.74, 6) is 0.297. The fourth-order valence-corrected chi connectivity index (χ4v) is 2.43. The summed E-state index contributed by atoms with van der Waals surface area (Å²) in [6.45, 7) is 6.38. The standard InChI is InChI=1S/C20H24N2O4/c1-5-26-17-9-8-16(12-18(17)25-4)20(24)22-21-19(23)11-15-7-6-13(2)14(3)10-15/h6-10,12H,5,11H2,1-4H3,(H,21,23)(H,22,24). The molecule has 0 aliphatic carbocycles. The van der Waals surface area contributed by atoms with E-state index in [2.05, 4.69) is 10.9 Å². The van der Waals surface area contributed by atoms with Gasteiger partial charge in [0.2, 0.25) is 5.91 Å². The van der Waals surface area contributed by atoms with Gasteiger partial charge in [0, 0.05) is 5.56 Å². The van der Waals surface area contributed by atoms with Gasteiger partial charge in [-0.1, -0.05) is 18.2 Å². The smallest absolute Gasteiger partial charge is 0.269 e. The average molecular weight is 356 g/mol. The van der Waals surface area contributed by atoms with Crippen molar-refractivity contribution in [3.05, 3.63) is 58.7 Å². The van der Waals surface area contributed by atoms with Gasteiger partial charge in [0.05, 0.1) is 20.1 Å². The first-order valence-electron chi connectivity index (χ1n) is 8.40. The van der Waals surface area contributed by atoms with Crippen LogP contribution in [0.4, 0.5) is 0 Å². The Morgan fingerprint density at radius 3 is 2.38 bits per heavy atom. The minimum Gasteiger partial charge on any atom is -0.493 e. The molecule has 2 aromatic rings. The summed E-state index contributed by atoms with van der Waals surface area (Å²) in [7, 11) is 1.50. The molecule has 0 aromatic heterocycles. The van der Waals surface area contributed by atoms with Crippen LogP contribution in [0.25, 0.3) is 0 Å². The van der Waals surface area contributed by atoms with Crippen LogP contribution in [0.15, 0.2) is 36.4 Å². The van der Waals surface area contributed by atoms with Crippen LogP contribution in [-0.4, -0.2) is 25.5 Å². The summed E-state index contributed by atoms with van der Waals surface area (Å²) in [5, 5.41) is 0. The number of aryl methyl sites for hydroxylation is 2. The Morgan fingerprint density at radius 2 is 1.73 bits per heavy atom. The lowest BCUT2D eigenvalue weighted by molar-refractivity contribution is -0.121. The zero-order valence-corrected chi connectivity index (χ0v) is 15.5. The molecule has 0 saturated heterocycles. The first-order chi connectivity index (χ1) is 12.4. The molecule has 0 unspecified atom stereocenters. The number of hydrogen-bond acceptors (Lipinski definition) is 4. The highest BCUT2D eigenvalue weighted by atomic mass is 16.5. The molecule has 0 spiro atoms. The van der Waals surface area contributed by atoms with Gasteiger partial charge in [-0.2, -0.15) is 0 Å². The van der Waals surface area contributed by atoms with Gasteiger partial charge in [-0.15, -0.1) is 0 Å². The molecule has 6 heteroatoms. The van der Waals surface area contributed by atoms with Gasteiger partial charge in [-0.3, -0.25) is 20.4 Å². The Balaban J connectivity index is 1.95. The van der Waals surface area contributed by atoms with E-state index < -0.39 is 5.91 Å². The lowest BCUT2D eigenvalue weighted by Crippen LogP contribution is -2.42. The van der Waals surface area contributed by atoms with Crippen LogP contribution in [0.2, 0.25) is 0 Å². The maximum Gasteiger partial charge on any atom is 0.269 e. The van der Waals surface area contributed by atoms with E-state index in [0.29, 0.717) is 23.7 Å². The molecule has 0 bridgehead atoms. The second-order valence-electron chi connectivity index (χ2n) is 5.90. The van der Waals surface area contributed by atoms with Crippen LogP contribution in [0, 0.1) is 13.8 Å². The molecule has 6 nitrogen and oxygen atoms in total. The van der Waals surface area contributed by atoms with E-state index in [9.17, 15) is 9.59 Å². The predicted molar refractivity (Wildman–Crippen MR) is 99.4 cm³/mol. The lowest BCUT2D eigenvalue weighted by atomic mass is 10.0. The number of nitrogens with one attached hydrogen (secondary N) is 2. The summed E-state index contributed by atoms with van der Waals surface area (Å²) < 4.78 is 10.6. The summed E-state index contributed by atoms with van der Waals surface area (Å²) in [5.41, 5.74) is 8.39. The molecule has 138 valence electrons. The van der Waals surface area contributed by atoms with E-state index in [1.54, 1.807) is 18.2 Å². The van der Waals surface area contributed by atoms with Crippen molar-refractivity contribution < 1.29 is 19.1 Å². The van der Waals surface area contributed by atoms with Gasteiger partial charge in [0.25, 0.3) is 5.91 Å². The first-order valence-corrected chi connectivity index (χ1v) is 8.40. The molecule has 0 saturated carbocycles. The van der Waals surface area contributed by atoms with Crippen LogP contribution in [0.3, 0.4) is 0 Å². The Morgan fingerprint density at radius 1 is 0.962 bits per heavy atom. The quantitative estimate of drug-likeness (QED) is 0.780. The SMILES string of the molecule is CCOc1ccc(C(=O)NNC(=O)Cc2ccc(C)c(C)c2)cc1OC. The van der Waals surface area contributed by atoms with E-state index in [-0.39, 0.29) is 12.3 Å². The van der Waals surface area contributed by atoms with Gasteiger partial charge in [-0.05, 0) is 55.7 Å². The Hall–Kier alpha value is -3.02. The third kappa shape index (κ3) is 4.99. The van der Waals surface area contributed by atoms with E-state index in [1.807, 2.05) is 39.0 Å². The van der Waals surface area contributed by atoms with Crippen molar-refractivity contribution in [2.75, 3.05) is 13.7 Å². The Bertz CT molecular complexity index is 802. The third-order valence-electron chi connectivity index (χ3n) is 3.98. The summed E-state index contributed by atoms with van der Waals surface area (Å²) in [4.78, 5) is 24.3. The number of methoxy groups -OCH3 is 1. The minimum atomic E-state index is -0.431. The number of carbonyl (C=O) groups is 2. The average Bonchev–Trinajstić information content (AvgIpc) is 2.63. The first kappa shape index (κ1) is 19.3. The van der Waals surface area contributed by atoms with Crippen molar-refractivity contribution in [2.24, 2.45) is 0 Å². The van der Waals surface area contributed by atoms with Crippen molar-refractivity contribution in [3.63, 3.8) is 0 Å². The molecular weight excluding hydrogens is 332 g/mol. The number of hydrazine groups is 1. The van der Waals surface area contributed by atoms with Gasteiger partial charge >= 0.3 is 0 Å². The highest BCUT2D eigenvalue weighted by molar-refractivity contribution is 5.96. The molecule has 0 fully saturated rings. The number of amides is 2. The molecule has 2 rings (SSSR count). The zero-order chi connectivity index (χ0) is 19.1. The molecule has 0 radical (unpaired) electrons. The van der Waals surface area contributed by atoms with Crippen molar-refractivity contribution in [2.45, 2.75) is 27.2 Å². The fraction of sp³-hybridized carbons (Fsp3) is 0.300. The van der Waals surface area contributed by atoms with E-state index in [1.165, 1.54) is 12.7 Å². The van der Waals surface area contributed by atoms with E-state index in [4.69, 9.17) is 9.47 Å². The number of ether oxygens (including phenoxy) is 2. The maximum absolute atomic E-state index is 12.2. The summed E-state index contributed by atoms with van der Waals surface area (Å²) in [6.07, 6.45) is 0.188. The number of hydrogen-bond donors (Lipinski definition) is 2. The Labute approximate surface area is 153 Å². The molecule has 2 aromatic carbocycles. The molecular formula is C20H24N2O4. The monoisotopic (exact) mass is 356 g/mol. The summed E-state index contributed by atoms with van der Waals surface area (Å²) >= 11 is 0.